The van der Waals surface area contributed by atoms with E-state index in [0.717, 1.165) is 0 Å². The van der Waals surface area contributed by atoms with Crippen molar-refractivity contribution >= 4 is 18.8 Å². The molecule has 0 unspecified atom stereocenters. The van der Waals surface area contributed by atoms with Crippen molar-refractivity contribution in [2.45, 2.75) is 38.9 Å². The lowest BCUT2D eigenvalue weighted by atomic mass is 10.3. The summed E-state index contributed by atoms with van der Waals surface area (Å²) in [6.07, 6.45) is 0. The Hall–Kier alpha value is 0.394. The van der Waals surface area contributed by atoms with Gasteiger partial charge in [-0.2, -0.15) is 0 Å². The van der Waals surface area contributed by atoms with Gasteiger partial charge < -0.3 is 4.12 Å². The highest BCUT2D eigenvalue weighted by molar-refractivity contribution is 6.56. The van der Waals surface area contributed by atoms with E-state index in [4.69, 9.17) is 4.12 Å². The Labute approximate surface area is 62.5 Å². The Morgan fingerprint density at radius 2 is 1.67 bits per heavy atom. The average Bonchev–Trinajstić information content (AvgIpc) is 1.59. The molecule has 0 saturated carbocycles. The van der Waals surface area contributed by atoms with E-state index >= 15 is 0 Å². The van der Waals surface area contributed by atoms with Crippen molar-refractivity contribution in [3.05, 3.63) is 0 Å². The molecule has 0 saturated heterocycles. The van der Waals surface area contributed by atoms with E-state index < -0.39 is 9.04 Å². The Bertz CT molecular complexity index is 75.6. The highest BCUT2D eigenvalue weighted by atomic mass is 28.3. The van der Waals surface area contributed by atoms with Crippen molar-refractivity contribution < 1.29 is 4.12 Å². The van der Waals surface area contributed by atoms with Gasteiger partial charge in [-0.25, -0.2) is 0 Å². The molecule has 0 N–H and O–H groups in total. The molecule has 0 aliphatic heterocycles. The summed E-state index contributed by atoms with van der Waals surface area (Å²) < 4.78 is 5.68. The molecule has 0 fully saturated rings. The van der Waals surface area contributed by atoms with E-state index in [1.807, 2.05) is 0 Å². The number of hydrogen-bond acceptors (Lipinski definition) is 1. The molecule has 0 aromatic carbocycles. The quantitative estimate of drug-likeness (QED) is 0.556. The van der Waals surface area contributed by atoms with Crippen molar-refractivity contribution in [3.8, 4) is 0 Å². The van der Waals surface area contributed by atoms with E-state index in [-0.39, 0.29) is 9.76 Å². The molecule has 0 amide bonds. The third-order valence-electron chi connectivity index (χ3n) is 0.850. The van der Waals surface area contributed by atoms with Crippen LogP contribution in [0.15, 0.2) is 0 Å². The first-order chi connectivity index (χ1) is 3.92. The molecule has 0 heterocycles. The van der Waals surface area contributed by atoms with Crippen molar-refractivity contribution in [2.24, 2.45) is 0 Å². The summed E-state index contributed by atoms with van der Waals surface area (Å²) >= 11 is 0. The van der Waals surface area contributed by atoms with Crippen molar-refractivity contribution in [1.29, 1.82) is 0 Å². The zero-order chi connectivity index (χ0) is 7.49. The summed E-state index contributed by atoms with van der Waals surface area (Å²) in [6.45, 7) is 11.2. The van der Waals surface area contributed by atoms with Crippen molar-refractivity contribution in [2.75, 3.05) is 0 Å². The fourth-order valence-electron chi connectivity index (χ4n) is 0.417. The highest BCUT2D eigenvalue weighted by Crippen LogP contribution is 2.19. The molecule has 0 aliphatic rings. The van der Waals surface area contributed by atoms with Crippen molar-refractivity contribution in [1.82, 2.24) is 0 Å². The summed E-state index contributed by atoms with van der Waals surface area (Å²) in [4.78, 5) is 0. The van der Waals surface area contributed by atoms with Crippen molar-refractivity contribution in [3.63, 3.8) is 0 Å². The monoisotopic (exact) mass is 162 g/mol. The van der Waals surface area contributed by atoms with E-state index in [1.165, 1.54) is 0 Å². The largest absolute Gasteiger partial charge is 0.462 e. The molecule has 3 heteroatoms. The maximum absolute atomic E-state index is 5.68. The number of hydrogen-bond donors (Lipinski definition) is 0. The molecule has 0 bridgehead atoms. The molecule has 0 aromatic heterocycles. The van der Waals surface area contributed by atoms with Crippen LogP contribution in [0.2, 0.25) is 18.1 Å². The van der Waals surface area contributed by atoms with Gasteiger partial charge in [0, 0.05) is 0 Å². The molecule has 0 rings (SSSR count). The molecule has 0 aromatic rings. The molecular formula is C6H18OSi2. The third-order valence-corrected chi connectivity index (χ3v) is 5.05. The smallest absolute Gasteiger partial charge is 0.156 e. The fraction of sp³-hybridized carbons (Fsp3) is 1.00. The predicted molar refractivity (Wildman–Crippen MR) is 48.2 cm³/mol. The van der Waals surface area contributed by atoms with Gasteiger partial charge in [0.15, 0.2) is 18.8 Å². The lowest BCUT2D eigenvalue weighted by molar-refractivity contribution is 0.563. The summed E-state index contributed by atoms with van der Waals surface area (Å²) in [7, 11) is -0.945. The highest BCUT2D eigenvalue weighted by Gasteiger charge is 2.11. The SMILES string of the molecule is C[SiH](C)O[SiH2]C(C)(C)C. The zero-order valence-electron chi connectivity index (χ0n) is 7.19. The Morgan fingerprint density at radius 1 is 1.22 bits per heavy atom. The van der Waals surface area contributed by atoms with Gasteiger partial charge >= 0.3 is 0 Å². The van der Waals surface area contributed by atoms with Crippen LogP contribution in [0.5, 0.6) is 0 Å². The van der Waals surface area contributed by atoms with E-state index in [2.05, 4.69) is 33.9 Å². The Morgan fingerprint density at radius 3 is 1.78 bits per heavy atom. The first-order valence-corrected chi connectivity index (χ1v) is 7.60. The topological polar surface area (TPSA) is 9.23 Å². The second kappa shape index (κ2) is 3.53. The van der Waals surface area contributed by atoms with Crippen LogP contribution in [0.3, 0.4) is 0 Å². The summed E-state index contributed by atoms with van der Waals surface area (Å²) in [6, 6.07) is 0. The summed E-state index contributed by atoms with van der Waals surface area (Å²) in [5.41, 5.74) is 0. The Kier molecular flexibility index (Phi) is 3.69. The van der Waals surface area contributed by atoms with Gasteiger partial charge in [-0.1, -0.05) is 20.8 Å². The molecule has 1 nitrogen and oxygen atoms in total. The minimum Gasteiger partial charge on any atom is -0.462 e. The van der Waals surface area contributed by atoms with Gasteiger partial charge in [-0.15, -0.1) is 0 Å². The molecule has 0 atom stereocenters. The van der Waals surface area contributed by atoms with Crippen LogP contribution in [0.25, 0.3) is 0 Å². The van der Waals surface area contributed by atoms with Gasteiger partial charge in [0.2, 0.25) is 0 Å². The minimum atomic E-state index is -0.709. The molecule has 56 valence electrons. The molecule has 0 spiro atoms. The maximum Gasteiger partial charge on any atom is 0.156 e. The molecule has 0 radical (unpaired) electrons. The van der Waals surface area contributed by atoms with E-state index in [9.17, 15) is 0 Å². The summed E-state index contributed by atoms with van der Waals surface area (Å²) in [5, 5.41) is 0.483. The van der Waals surface area contributed by atoms with E-state index in [1.54, 1.807) is 0 Å². The van der Waals surface area contributed by atoms with Gasteiger partial charge in [0.05, 0.1) is 0 Å². The van der Waals surface area contributed by atoms with Crippen LogP contribution in [0.1, 0.15) is 20.8 Å². The first-order valence-electron chi connectivity index (χ1n) is 3.53. The predicted octanol–water partition coefficient (Wildman–Crippen LogP) is 1.29. The summed E-state index contributed by atoms with van der Waals surface area (Å²) in [5.74, 6) is 0. The third kappa shape index (κ3) is 8.39. The second-order valence-electron chi connectivity index (χ2n) is 3.92. The standard InChI is InChI=1S/C6H18OSi2/c1-6(2,3)8-7-9(4)5/h9H,8H2,1-5H3. The van der Waals surface area contributed by atoms with Gasteiger partial charge in [-0.3, -0.25) is 0 Å². The zero-order valence-corrected chi connectivity index (χ0v) is 9.76. The normalized spacial score (nSPS) is 14.0. The van der Waals surface area contributed by atoms with Crippen LogP contribution >= 0.6 is 0 Å². The lowest BCUT2D eigenvalue weighted by Gasteiger charge is -2.18. The van der Waals surface area contributed by atoms with Crippen LogP contribution in [0.4, 0.5) is 0 Å². The van der Waals surface area contributed by atoms with Gasteiger partial charge in [0.25, 0.3) is 0 Å². The van der Waals surface area contributed by atoms with Gasteiger partial charge in [0.1, 0.15) is 0 Å². The van der Waals surface area contributed by atoms with Crippen LogP contribution in [0, 0.1) is 0 Å². The fourth-order valence-corrected chi connectivity index (χ4v) is 3.75. The maximum atomic E-state index is 5.68. The molecule has 0 aliphatic carbocycles. The van der Waals surface area contributed by atoms with Gasteiger partial charge in [-0.05, 0) is 18.1 Å². The molecule has 9 heavy (non-hydrogen) atoms. The average molecular weight is 162 g/mol. The minimum absolute atomic E-state index is 0.236. The Balaban J connectivity index is 3.28. The van der Waals surface area contributed by atoms with Crippen LogP contribution in [-0.2, 0) is 4.12 Å². The lowest BCUT2D eigenvalue weighted by Crippen LogP contribution is -2.19. The van der Waals surface area contributed by atoms with Crippen LogP contribution in [-0.4, -0.2) is 18.8 Å². The second-order valence-corrected chi connectivity index (χ2v) is 9.76. The molecular weight excluding hydrogens is 144 g/mol. The van der Waals surface area contributed by atoms with E-state index in [0.29, 0.717) is 5.04 Å². The van der Waals surface area contributed by atoms with Crippen LogP contribution < -0.4 is 0 Å². The first kappa shape index (κ1) is 9.39. The number of rotatable bonds is 2.